The molecule has 1 saturated heterocycles. The van der Waals surface area contributed by atoms with Crippen LogP contribution in [0, 0.1) is 0 Å². The van der Waals surface area contributed by atoms with Gasteiger partial charge in [-0.3, -0.25) is 5.10 Å². The third kappa shape index (κ3) is 3.62. The molecule has 0 amide bonds. The average Bonchev–Trinajstić information content (AvgIpc) is 3.18. The Bertz CT molecular complexity index is 839. The third-order valence-electron chi connectivity index (χ3n) is 4.35. The highest BCUT2D eigenvalue weighted by atomic mass is 16.5. The van der Waals surface area contributed by atoms with E-state index in [0.29, 0.717) is 11.8 Å². The van der Waals surface area contributed by atoms with Gasteiger partial charge in [0.25, 0.3) is 0 Å². The van der Waals surface area contributed by atoms with Crippen LogP contribution in [0.2, 0.25) is 0 Å². The zero-order valence-electron chi connectivity index (χ0n) is 14.6. The number of aromatic amines is 1. The second-order valence-corrected chi connectivity index (χ2v) is 6.01. The maximum atomic E-state index is 5.39. The van der Waals surface area contributed by atoms with E-state index in [2.05, 4.69) is 37.5 Å². The van der Waals surface area contributed by atoms with Gasteiger partial charge in [0.05, 0.1) is 20.3 Å². The highest BCUT2D eigenvalue weighted by Crippen LogP contribution is 2.23. The first-order valence-electron chi connectivity index (χ1n) is 8.58. The molecular formula is C19H21N5O2. The van der Waals surface area contributed by atoms with Gasteiger partial charge in [-0.05, 0) is 48.5 Å². The van der Waals surface area contributed by atoms with Crippen LogP contribution in [0.3, 0.4) is 0 Å². The molecule has 2 heterocycles. The minimum absolute atomic E-state index is 0.537. The first-order valence-corrected chi connectivity index (χ1v) is 8.58. The zero-order valence-corrected chi connectivity index (χ0v) is 14.6. The number of aromatic nitrogens is 3. The van der Waals surface area contributed by atoms with Crippen LogP contribution in [-0.4, -0.2) is 48.6 Å². The Morgan fingerprint density at radius 1 is 1.04 bits per heavy atom. The Balaban J connectivity index is 1.43. The van der Waals surface area contributed by atoms with Crippen molar-refractivity contribution in [1.82, 2.24) is 15.2 Å². The quantitative estimate of drug-likeness (QED) is 0.736. The number of benzene rings is 2. The molecule has 7 nitrogen and oxygen atoms in total. The SMILES string of the molecule is COc1ccc(-c2nc(Nc3ccc(N4CCOCC4)cc3)n[nH]2)cc1. The molecule has 1 fully saturated rings. The lowest BCUT2D eigenvalue weighted by atomic mass is 10.2. The first-order chi connectivity index (χ1) is 12.8. The van der Waals surface area contributed by atoms with E-state index in [1.165, 1.54) is 5.69 Å². The molecule has 2 aromatic carbocycles. The molecule has 26 heavy (non-hydrogen) atoms. The van der Waals surface area contributed by atoms with Gasteiger partial charge in [-0.1, -0.05) is 0 Å². The van der Waals surface area contributed by atoms with Crippen LogP contribution in [0.15, 0.2) is 48.5 Å². The lowest BCUT2D eigenvalue weighted by Gasteiger charge is -2.28. The smallest absolute Gasteiger partial charge is 0.246 e. The van der Waals surface area contributed by atoms with Gasteiger partial charge in [-0.25, -0.2) is 0 Å². The maximum Gasteiger partial charge on any atom is 0.246 e. The summed E-state index contributed by atoms with van der Waals surface area (Å²) in [6.45, 7) is 3.43. The monoisotopic (exact) mass is 351 g/mol. The Morgan fingerprint density at radius 3 is 2.46 bits per heavy atom. The summed E-state index contributed by atoms with van der Waals surface area (Å²) in [5.41, 5.74) is 3.10. The number of morpholine rings is 1. The van der Waals surface area contributed by atoms with Crippen molar-refractivity contribution < 1.29 is 9.47 Å². The molecule has 4 rings (SSSR count). The minimum Gasteiger partial charge on any atom is -0.497 e. The van der Waals surface area contributed by atoms with E-state index in [4.69, 9.17) is 9.47 Å². The average molecular weight is 351 g/mol. The third-order valence-corrected chi connectivity index (χ3v) is 4.35. The van der Waals surface area contributed by atoms with Crippen molar-refractivity contribution in [2.75, 3.05) is 43.6 Å². The van der Waals surface area contributed by atoms with E-state index in [1.54, 1.807) is 7.11 Å². The molecule has 0 aliphatic carbocycles. The second-order valence-electron chi connectivity index (χ2n) is 6.01. The summed E-state index contributed by atoms with van der Waals surface area (Å²) in [5, 5.41) is 10.4. The van der Waals surface area contributed by atoms with Crippen LogP contribution in [0.1, 0.15) is 0 Å². The van der Waals surface area contributed by atoms with Crippen LogP contribution < -0.4 is 15.0 Å². The molecular weight excluding hydrogens is 330 g/mol. The summed E-state index contributed by atoms with van der Waals surface area (Å²) in [7, 11) is 1.65. The molecule has 0 bridgehead atoms. The fourth-order valence-electron chi connectivity index (χ4n) is 2.90. The minimum atomic E-state index is 0.537. The number of anilines is 3. The summed E-state index contributed by atoms with van der Waals surface area (Å²) >= 11 is 0. The molecule has 0 atom stereocenters. The van der Waals surface area contributed by atoms with E-state index in [-0.39, 0.29) is 0 Å². The van der Waals surface area contributed by atoms with Gasteiger partial charge in [0.1, 0.15) is 5.75 Å². The lowest BCUT2D eigenvalue weighted by molar-refractivity contribution is 0.122. The summed E-state index contributed by atoms with van der Waals surface area (Å²) in [6.07, 6.45) is 0. The molecule has 2 N–H and O–H groups in total. The highest BCUT2D eigenvalue weighted by molar-refractivity contribution is 5.62. The molecule has 1 aliphatic rings. The van der Waals surface area contributed by atoms with Crippen molar-refractivity contribution >= 4 is 17.3 Å². The van der Waals surface area contributed by atoms with Crippen LogP contribution >= 0.6 is 0 Å². The molecule has 0 saturated carbocycles. The Kier molecular flexibility index (Phi) is 4.70. The van der Waals surface area contributed by atoms with Crippen molar-refractivity contribution in [2.45, 2.75) is 0 Å². The van der Waals surface area contributed by atoms with Crippen LogP contribution in [-0.2, 0) is 4.74 Å². The van der Waals surface area contributed by atoms with Gasteiger partial charge in [-0.2, -0.15) is 4.98 Å². The molecule has 0 unspecified atom stereocenters. The molecule has 7 heteroatoms. The van der Waals surface area contributed by atoms with Gasteiger partial charge in [0.15, 0.2) is 5.82 Å². The number of nitrogens with zero attached hydrogens (tertiary/aromatic N) is 3. The number of rotatable bonds is 5. The Hall–Kier alpha value is -3.06. The van der Waals surface area contributed by atoms with Gasteiger partial charge in [0, 0.05) is 30.0 Å². The van der Waals surface area contributed by atoms with Crippen molar-refractivity contribution in [3.05, 3.63) is 48.5 Å². The predicted molar refractivity (Wildman–Crippen MR) is 101 cm³/mol. The molecule has 1 aromatic heterocycles. The second kappa shape index (κ2) is 7.45. The highest BCUT2D eigenvalue weighted by Gasteiger charge is 2.11. The van der Waals surface area contributed by atoms with Gasteiger partial charge < -0.3 is 19.7 Å². The zero-order chi connectivity index (χ0) is 17.8. The number of H-pyrrole nitrogens is 1. The van der Waals surface area contributed by atoms with Crippen molar-refractivity contribution in [2.24, 2.45) is 0 Å². The Morgan fingerprint density at radius 2 is 1.77 bits per heavy atom. The molecule has 3 aromatic rings. The van der Waals surface area contributed by atoms with Crippen molar-refractivity contribution in [3.63, 3.8) is 0 Å². The normalized spacial score (nSPS) is 14.3. The van der Waals surface area contributed by atoms with Crippen LogP contribution in [0.25, 0.3) is 11.4 Å². The van der Waals surface area contributed by atoms with Gasteiger partial charge in [0.2, 0.25) is 5.95 Å². The lowest BCUT2D eigenvalue weighted by Crippen LogP contribution is -2.36. The number of hydrogen-bond donors (Lipinski definition) is 2. The fourth-order valence-corrected chi connectivity index (χ4v) is 2.90. The van der Waals surface area contributed by atoms with Crippen LogP contribution in [0.5, 0.6) is 5.75 Å². The van der Waals surface area contributed by atoms with Gasteiger partial charge >= 0.3 is 0 Å². The first kappa shape index (κ1) is 16.4. The number of methoxy groups -OCH3 is 1. The van der Waals surface area contributed by atoms with E-state index in [1.807, 2.05) is 36.4 Å². The van der Waals surface area contributed by atoms with Crippen molar-refractivity contribution in [1.29, 1.82) is 0 Å². The largest absolute Gasteiger partial charge is 0.497 e. The van der Waals surface area contributed by atoms with Crippen LogP contribution in [0.4, 0.5) is 17.3 Å². The number of hydrogen-bond acceptors (Lipinski definition) is 6. The molecule has 134 valence electrons. The molecule has 0 radical (unpaired) electrons. The fraction of sp³-hybridized carbons (Fsp3) is 0.263. The van der Waals surface area contributed by atoms with Gasteiger partial charge in [-0.15, -0.1) is 5.10 Å². The van der Waals surface area contributed by atoms with E-state index >= 15 is 0 Å². The standard InChI is InChI=1S/C19H21N5O2/c1-25-17-8-2-14(3-9-17)18-21-19(23-22-18)20-15-4-6-16(7-5-15)24-10-12-26-13-11-24/h2-9H,10-13H2,1H3,(H2,20,21,22,23). The summed E-state index contributed by atoms with van der Waals surface area (Å²) < 4.78 is 10.6. The maximum absolute atomic E-state index is 5.39. The summed E-state index contributed by atoms with van der Waals surface area (Å²) in [5.74, 6) is 2.06. The summed E-state index contributed by atoms with van der Waals surface area (Å²) in [6, 6.07) is 16.0. The number of nitrogens with one attached hydrogen (secondary N) is 2. The predicted octanol–water partition coefficient (Wildman–Crippen LogP) is 3.06. The van der Waals surface area contributed by atoms with E-state index in [9.17, 15) is 0 Å². The van der Waals surface area contributed by atoms with E-state index < -0.39 is 0 Å². The topological polar surface area (TPSA) is 75.3 Å². The number of ether oxygens (including phenoxy) is 2. The molecule has 0 spiro atoms. The van der Waals surface area contributed by atoms with E-state index in [0.717, 1.165) is 43.3 Å². The molecule has 1 aliphatic heterocycles. The Labute approximate surface area is 152 Å². The summed E-state index contributed by atoms with van der Waals surface area (Å²) in [4.78, 5) is 6.82. The van der Waals surface area contributed by atoms with Crippen molar-refractivity contribution in [3.8, 4) is 17.1 Å².